The number of hydrogen-bond donors (Lipinski definition) is 1. The first-order valence-electron chi connectivity index (χ1n) is 8.97. The summed E-state index contributed by atoms with van der Waals surface area (Å²) in [7, 11) is 0. The average Bonchev–Trinajstić information content (AvgIpc) is 2.84. The van der Waals surface area contributed by atoms with E-state index in [4.69, 9.17) is 10.2 Å². The number of rotatable bonds is 1. The van der Waals surface area contributed by atoms with Crippen molar-refractivity contribution >= 4 is 5.57 Å². The largest absolute Gasteiger partial charge is 0.460 e. The fourth-order valence-corrected chi connectivity index (χ4v) is 4.50. The molecular weight excluding hydrogens is 270 g/mol. The molecule has 0 amide bonds. The van der Waals surface area contributed by atoms with Gasteiger partial charge in [-0.05, 0) is 67.9 Å². The Labute approximate surface area is 133 Å². The third-order valence-corrected chi connectivity index (χ3v) is 5.72. The van der Waals surface area contributed by atoms with Crippen LogP contribution >= 0.6 is 0 Å². The Morgan fingerprint density at radius 1 is 1.05 bits per heavy atom. The fraction of sp³-hybridized carbons (Fsp3) is 0.600. The summed E-state index contributed by atoms with van der Waals surface area (Å²) in [5.74, 6) is 3.83. The Morgan fingerprint density at radius 2 is 1.91 bits per heavy atom. The molecule has 2 N–H and O–H groups in total. The maximum Gasteiger partial charge on any atom is 0.139 e. The van der Waals surface area contributed by atoms with Crippen LogP contribution in [0.2, 0.25) is 0 Å². The van der Waals surface area contributed by atoms with Gasteiger partial charge in [-0.1, -0.05) is 19.9 Å². The van der Waals surface area contributed by atoms with Gasteiger partial charge in [-0.25, -0.2) is 0 Å². The second kappa shape index (κ2) is 5.33. The highest BCUT2D eigenvalue weighted by Crippen LogP contribution is 2.44. The monoisotopic (exact) mass is 297 g/mol. The van der Waals surface area contributed by atoms with Crippen LogP contribution in [0.4, 0.5) is 0 Å². The lowest BCUT2D eigenvalue weighted by atomic mass is 9.80. The minimum absolute atomic E-state index is 0.666. The van der Waals surface area contributed by atoms with E-state index in [9.17, 15) is 0 Å². The van der Waals surface area contributed by atoms with Crippen LogP contribution in [0.25, 0.3) is 5.57 Å². The van der Waals surface area contributed by atoms with Crippen LogP contribution < -0.4 is 5.73 Å². The number of furan rings is 1. The summed E-state index contributed by atoms with van der Waals surface area (Å²) in [4.78, 5) is 0. The van der Waals surface area contributed by atoms with Gasteiger partial charge in [0, 0.05) is 23.3 Å². The average molecular weight is 297 g/mol. The maximum absolute atomic E-state index is 6.43. The molecule has 3 aliphatic carbocycles. The molecule has 4 rings (SSSR count). The Balaban J connectivity index is 1.81. The van der Waals surface area contributed by atoms with Crippen molar-refractivity contribution in [3.63, 3.8) is 0 Å². The van der Waals surface area contributed by atoms with Gasteiger partial charge < -0.3 is 10.2 Å². The van der Waals surface area contributed by atoms with Crippen LogP contribution in [0.5, 0.6) is 0 Å². The fourth-order valence-electron chi connectivity index (χ4n) is 4.50. The van der Waals surface area contributed by atoms with E-state index in [0.717, 1.165) is 43.1 Å². The lowest BCUT2D eigenvalue weighted by molar-refractivity contribution is 0.421. The Kier molecular flexibility index (Phi) is 3.43. The van der Waals surface area contributed by atoms with E-state index in [2.05, 4.69) is 19.9 Å². The minimum Gasteiger partial charge on any atom is -0.460 e. The Bertz CT molecular complexity index is 661. The molecule has 22 heavy (non-hydrogen) atoms. The van der Waals surface area contributed by atoms with E-state index in [0.29, 0.717) is 5.92 Å². The molecule has 0 spiro atoms. The van der Waals surface area contributed by atoms with E-state index in [1.807, 2.05) is 0 Å². The van der Waals surface area contributed by atoms with Crippen molar-refractivity contribution in [1.29, 1.82) is 0 Å². The quantitative estimate of drug-likeness (QED) is 0.811. The van der Waals surface area contributed by atoms with Gasteiger partial charge in [0.2, 0.25) is 0 Å². The SMILES string of the molecule is CC1C=C(C2=C(N)CCc3c2oc2c3CC(C)CC2)CCC1. The molecule has 2 unspecified atom stereocenters. The van der Waals surface area contributed by atoms with Gasteiger partial charge in [0.1, 0.15) is 11.5 Å². The van der Waals surface area contributed by atoms with Crippen LogP contribution in [0.3, 0.4) is 0 Å². The van der Waals surface area contributed by atoms with Crippen LogP contribution in [-0.4, -0.2) is 0 Å². The molecule has 2 atom stereocenters. The molecule has 2 heteroatoms. The second-order valence-corrected chi connectivity index (χ2v) is 7.62. The molecule has 1 heterocycles. The van der Waals surface area contributed by atoms with Crippen molar-refractivity contribution in [2.24, 2.45) is 17.6 Å². The summed E-state index contributed by atoms with van der Waals surface area (Å²) in [5.41, 5.74) is 13.2. The number of nitrogens with two attached hydrogens (primary N) is 1. The molecule has 3 aliphatic rings. The zero-order valence-corrected chi connectivity index (χ0v) is 13.9. The molecule has 0 fully saturated rings. The van der Waals surface area contributed by atoms with Gasteiger partial charge >= 0.3 is 0 Å². The summed E-state index contributed by atoms with van der Waals surface area (Å²) in [5, 5.41) is 0. The molecular formula is C20H27NO. The number of allylic oxidation sites excluding steroid dienone is 4. The molecule has 0 saturated heterocycles. The Hall–Kier alpha value is -1.44. The molecule has 0 radical (unpaired) electrons. The van der Waals surface area contributed by atoms with Crippen LogP contribution in [-0.2, 0) is 19.3 Å². The van der Waals surface area contributed by atoms with E-state index in [1.54, 1.807) is 0 Å². The molecule has 0 aromatic carbocycles. The van der Waals surface area contributed by atoms with Gasteiger partial charge in [0.05, 0.1) is 0 Å². The van der Waals surface area contributed by atoms with E-state index >= 15 is 0 Å². The first kappa shape index (κ1) is 14.2. The van der Waals surface area contributed by atoms with Crippen LogP contribution in [0, 0.1) is 11.8 Å². The van der Waals surface area contributed by atoms with Crippen molar-refractivity contribution in [2.75, 3.05) is 0 Å². The van der Waals surface area contributed by atoms with E-state index in [-0.39, 0.29) is 0 Å². The van der Waals surface area contributed by atoms with Gasteiger partial charge in [-0.2, -0.15) is 0 Å². The summed E-state index contributed by atoms with van der Waals surface area (Å²) in [6.07, 6.45) is 11.8. The normalized spacial score (nSPS) is 28.2. The van der Waals surface area contributed by atoms with Crippen LogP contribution in [0.15, 0.2) is 21.8 Å². The highest BCUT2D eigenvalue weighted by Gasteiger charge is 2.31. The van der Waals surface area contributed by atoms with Crippen molar-refractivity contribution in [3.8, 4) is 0 Å². The topological polar surface area (TPSA) is 39.2 Å². The molecule has 118 valence electrons. The van der Waals surface area contributed by atoms with Gasteiger partial charge in [0.15, 0.2) is 0 Å². The zero-order valence-electron chi connectivity index (χ0n) is 13.9. The number of hydrogen-bond acceptors (Lipinski definition) is 2. The first-order chi connectivity index (χ1) is 10.6. The molecule has 1 aromatic heterocycles. The molecule has 0 aliphatic heterocycles. The summed E-state index contributed by atoms with van der Waals surface area (Å²) < 4.78 is 6.37. The van der Waals surface area contributed by atoms with Crippen molar-refractivity contribution in [3.05, 3.63) is 40.0 Å². The third-order valence-electron chi connectivity index (χ3n) is 5.72. The smallest absolute Gasteiger partial charge is 0.139 e. The van der Waals surface area contributed by atoms with Gasteiger partial charge in [0.25, 0.3) is 0 Å². The minimum atomic E-state index is 0.666. The van der Waals surface area contributed by atoms with Crippen molar-refractivity contribution in [2.45, 2.75) is 65.2 Å². The highest BCUT2D eigenvalue weighted by molar-refractivity contribution is 5.82. The van der Waals surface area contributed by atoms with Gasteiger partial charge in [-0.3, -0.25) is 0 Å². The van der Waals surface area contributed by atoms with Crippen molar-refractivity contribution in [1.82, 2.24) is 0 Å². The number of fused-ring (bicyclic) bond motifs is 3. The predicted molar refractivity (Wildman–Crippen MR) is 90.4 cm³/mol. The third kappa shape index (κ3) is 2.24. The standard InChI is InChI=1S/C20H27NO/c1-12-4-3-5-14(10-12)19-17(21)8-7-15-16-11-13(2)6-9-18(16)22-20(15)19/h10,12-13H,3-9,11,21H2,1-2H3. The molecule has 1 aromatic rings. The van der Waals surface area contributed by atoms with E-state index in [1.165, 1.54) is 53.7 Å². The zero-order chi connectivity index (χ0) is 15.3. The molecule has 0 bridgehead atoms. The predicted octanol–water partition coefficient (Wildman–Crippen LogP) is 4.77. The lowest BCUT2D eigenvalue weighted by Crippen LogP contribution is -2.15. The van der Waals surface area contributed by atoms with Gasteiger partial charge in [-0.15, -0.1) is 0 Å². The molecule has 0 saturated carbocycles. The van der Waals surface area contributed by atoms with E-state index < -0.39 is 0 Å². The first-order valence-corrected chi connectivity index (χ1v) is 8.97. The maximum atomic E-state index is 6.43. The van der Waals surface area contributed by atoms with Crippen molar-refractivity contribution < 1.29 is 4.42 Å². The number of aryl methyl sites for hydroxylation is 1. The molecule has 2 nitrogen and oxygen atoms in total. The van der Waals surface area contributed by atoms with Crippen LogP contribution in [0.1, 0.15) is 68.6 Å². The lowest BCUT2D eigenvalue weighted by Gasteiger charge is -2.24. The second-order valence-electron chi connectivity index (χ2n) is 7.62. The Morgan fingerprint density at radius 3 is 2.73 bits per heavy atom. The summed E-state index contributed by atoms with van der Waals surface area (Å²) in [6, 6.07) is 0. The highest BCUT2D eigenvalue weighted by atomic mass is 16.3. The summed E-state index contributed by atoms with van der Waals surface area (Å²) in [6.45, 7) is 4.68. The summed E-state index contributed by atoms with van der Waals surface area (Å²) >= 11 is 0.